The van der Waals surface area contributed by atoms with Gasteiger partial charge in [0.1, 0.15) is 5.69 Å². The van der Waals surface area contributed by atoms with Gasteiger partial charge >= 0.3 is 11.5 Å². The van der Waals surface area contributed by atoms with Crippen molar-refractivity contribution in [3.63, 3.8) is 0 Å². The number of nitriles is 1. The van der Waals surface area contributed by atoms with E-state index >= 15 is 0 Å². The summed E-state index contributed by atoms with van der Waals surface area (Å²) in [5, 5.41) is 23.3. The van der Waals surface area contributed by atoms with Crippen LogP contribution in [0.1, 0.15) is 46.6 Å². The number of carbonyl (C=O) groups is 1. The predicted octanol–water partition coefficient (Wildman–Crippen LogP) is 2.90. The van der Waals surface area contributed by atoms with Crippen molar-refractivity contribution in [2.45, 2.75) is 47.1 Å². The highest BCUT2D eigenvalue weighted by Gasteiger charge is 2.22. The van der Waals surface area contributed by atoms with Crippen molar-refractivity contribution in [2.24, 2.45) is 5.41 Å². The maximum Gasteiger partial charge on any atom is 0.333 e. The van der Waals surface area contributed by atoms with E-state index in [9.17, 15) is 25.0 Å². The van der Waals surface area contributed by atoms with E-state index in [1.54, 1.807) is 0 Å². The first-order chi connectivity index (χ1) is 13.9. The van der Waals surface area contributed by atoms with Crippen LogP contribution in [0.15, 0.2) is 29.2 Å². The number of rotatable bonds is 6. The third kappa shape index (κ3) is 5.64. The number of hydrogen-bond donors (Lipinski definition) is 1. The summed E-state index contributed by atoms with van der Waals surface area (Å²) in [5.74, 6) is -0.693. The van der Waals surface area contributed by atoms with Gasteiger partial charge in [0.05, 0.1) is 29.2 Å². The predicted molar refractivity (Wildman–Crippen MR) is 110 cm³/mol. The molecule has 0 saturated carbocycles. The Morgan fingerprint density at radius 2 is 2.03 bits per heavy atom. The average molecular weight is 413 g/mol. The number of benzene rings is 1. The van der Waals surface area contributed by atoms with Crippen molar-refractivity contribution in [2.75, 3.05) is 5.32 Å². The van der Waals surface area contributed by atoms with E-state index in [1.807, 2.05) is 40.7 Å². The molecule has 1 N–H and O–H groups in total. The maximum absolute atomic E-state index is 12.9. The zero-order valence-corrected chi connectivity index (χ0v) is 17.4. The van der Waals surface area contributed by atoms with E-state index in [2.05, 4.69) is 10.3 Å². The third-order valence-corrected chi connectivity index (χ3v) is 3.77. The van der Waals surface area contributed by atoms with Crippen LogP contribution in [0.2, 0.25) is 0 Å². The number of hydrogen-bond acceptors (Lipinski definition) is 8. The lowest BCUT2D eigenvalue weighted by molar-refractivity contribution is -0.384. The van der Waals surface area contributed by atoms with Gasteiger partial charge in [-0.1, -0.05) is 20.8 Å². The van der Waals surface area contributed by atoms with Crippen molar-refractivity contribution in [1.82, 2.24) is 9.71 Å². The number of nitro groups is 1. The van der Waals surface area contributed by atoms with Crippen LogP contribution in [0.25, 0.3) is 11.3 Å². The van der Waals surface area contributed by atoms with Crippen molar-refractivity contribution in [3.05, 3.63) is 50.4 Å². The van der Waals surface area contributed by atoms with Crippen LogP contribution in [0.3, 0.4) is 0 Å². The van der Waals surface area contributed by atoms with Gasteiger partial charge in [-0.25, -0.2) is 9.78 Å². The molecule has 30 heavy (non-hydrogen) atoms. The summed E-state index contributed by atoms with van der Waals surface area (Å²) in [7, 11) is 0. The molecule has 2 aromatic rings. The monoisotopic (exact) mass is 413 g/mol. The van der Waals surface area contributed by atoms with Crippen molar-refractivity contribution < 1.29 is 14.6 Å². The standard InChI is InChI=1S/C20H23N5O5/c1-12(2)23-18-19(27)24(30-17(26)9-20(3,4)5)16(11-22-18)14-6-13(10-21)7-15(8-14)25(28)29/h6-8,11-12H,9H2,1-5H3,(H,22,23). The van der Waals surface area contributed by atoms with E-state index < -0.39 is 16.5 Å². The normalized spacial score (nSPS) is 11.1. The van der Waals surface area contributed by atoms with Gasteiger partial charge in [-0.2, -0.15) is 5.26 Å². The zero-order chi connectivity index (χ0) is 22.6. The fourth-order valence-corrected chi connectivity index (χ4v) is 2.59. The molecule has 0 saturated heterocycles. The molecule has 0 spiro atoms. The van der Waals surface area contributed by atoms with Crippen LogP contribution < -0.4 is 15.7 Å². The van der Waals surface area contributed by atoms with Gasteiger partial charge in [-0.15, -0.1) is 4.73 Å². The first kappa shape index (κ1) is 22.5. The zero-order valence-electron chi connectivity index (χ0n) is 17.4. The molecule has 0 aliphatic carbocycles. The fourth-order valence-electron chi connectivity index (χ4n) is 2.59. The summed E-state index contributed by atoms with van der Waals surface area (Å²) in [5.41, 5.74) is -1.28. The lowest BCUT2D eigenvalue weighted by atomic mass is 9.93. The van der Waals surface area contributed by atoms with Crippen molar-refractivity contribution in [3.8, 4) is 17.3 Å². The van der Waals surface area contributed by atoms with Gasteiger partial charge in [-0.3, -0.25) is 14.9 Å². The van der Waals surface area contributed by atoms with Crippen LogP contribution in [0, 0.1) is 26.9 Å². The molecule has 2 rings (SSSR count). The fraction of sp³-hybridized carbons (Fsp3) is 0.400. The Labute approximate surface area is 173 Å². The quantitative estimate of drug-likeness (QED) is 0.563. The van der Waals surface area contributed by atoms with Crippen LogP contribution >= 0.6 is 0 Å². The van der Waals surface area contributed by atoms with Gasteiger partial charge < -0.3 is 10.2 Å². The Hall–Kier alpha value is -3.74. The summed E-state index contributed by atoms with van der Waals surface area (Å²) < 4.78 is 0.756. The minimum absolute atomic E-state index is 0.0109. The first-order valence-corrected chi connectivity index (χ1v) is 9.21. The van der Waals surface area contributed by atoms with Crippen LogP contribution in [-0.4, -0.2) is 26.6 Å². The second kappa shape index (κ2) is 8.73. The number of anilines is 1. The molecule has 0 bridgehead atoms. The molecule has 0 fully saturated rings. The SMILES string of the molecule is CC(C)Nc1ncc(-c2cc(C#N)cc([N+](=O)[O-])c2)n(OC(=O)CC(C)(C)C)c1=O. The third-order valence-electron chi connectivity index (χ3n) is 3.77. The first-order valence-electron chi connectivity index (χ1n) is 9.21. The summed E-state index contributed by atoms with van der Waals surface area (Å²) in [6.45, 7) is 9.15. The van der Waals surface area contributed by atoms with Gasteiger partial charge in [-0.05, 0) is 25.3 Å². The number of aromatic nitrogens is 2. The molecule has 0 amide bonds. The van der Waals surface area contributed by atoms with Gasteiger partial charge in [0.2, 0.25) is 0 Å². The largest absolute Gasteiger partial charge is 0.363 e. The maximum atomic E-state index is 12.9. The second-order valence-electron chi connectivity index (χ2n) is 8.23. The van der Waals surface area contributed by atoms with E-state index in [0.29, 0.717) is 0 Å². The van der Waals surface area contributed by atoms with Gasteiger partial charge in [0.15, 0.2) is 5.82 Å². The Morgan fingerprint density at radius 3 is 2.57 bits per heavy atom. The van der Waals surface area contributed by atoms with Crippen LogP contribution in [0.4, 0.5) is 11.5 Å². The van der Waals surface area contributed by atoms with Crippen LogP contribution in [-0.2, 0) is 4.79 Å². The molecule has 0 aliphatic rings. The molecule has 10 nitrogen and oxygen atoms in total. The van der Waals surface area contributed by atoms with Crippen molar-refractivity contribution >= 4 is 17.5 Å². The number of nitrogens with one attached hydrogen (secondary N) is 1. The number of non-ortho nitro benzene ring substituents is 1. The topological polar surface area (TPSA) is 140 Å². The average Bonchev–Trinajstić information content (AvgIpc) is 2.62. The number of nitro benzene ring substituents is 1. The molecule has 1 aromatic carbocycles. The molecule has 0 radical (unpaired) electrons. The van der Waals surface area contributed by atoms with E-state index in [0.717, 1.165) is 10.8 Å². The van der Waals surface area contributed by atoms with Crippen molar-refractivity contribution in [1.29, 1.82) is 5.26 Å². The molecule has 158 valence electrons. The summed E-state index contributed by atoms with van der Waals surface area (Å²) in [6.07, 6.45) is 1.29. The van der Waals surface area contributed by atoms with E-state index in [1.165, 1.54) is 18.3 Å². The van der Waals surface area contributed by atoms with Crippen LogP contribution in [0.5, 0.6) is 0 Å². The molecular weight excluding hydrogens is 390 g/mol. The van der Waals surface area contributed by atoms with Gasteiger partial charge in [0.25, 0.3) is 5.69 Å². The summed E-state index contributed by atoms with van der Waals surface area (Å²) in [4.78, 5) is 45.3. The second-order valence-corrected chi connectivity index (χ2v) is 8.23. The smallest absolute Gasteiger partial charge is 0.333 e. The highest BCUT2D eigenvalue weighted by atomic mass is 16.7. The molecule has 1 aromatic heterocycles. The molecular formula is C20H23N5O5. The molecule has 0 unspecified atom stereocenters. The highest BCUT2D eigenvalue weighted by Crippen LogP contribution is 2.25. The molecule has 0 aliphatic heterocycles. The lowest BCUT2D eigenvalue weighted by Crippen LogP contribution is -2.36. The Morgan fingerprint density at radius 1 is 1.37 bits per heavy atom. The summed E-state index contributed by atoms with van der Waals surface area (Å²) >= 11 is 0. The minimum Gasteiger partial charge on any atom is -0.363 e. The van der Waals surface area contributed by atoms with E-state index in [-0.39, 0.29) is 46.2 Å². The van der Waals surface area contributed by atoms with E-state index in [4.69, 9.17) is 4.84 Å². The van der Waals surface area contributed by atoms with Gasteiger partial charge in [0, 0.05) is 23.7 Å². The minimum atomic E-state index is -0.728. The Balaban J connectivity index is 2.67. The molecule has 1 heterocycles. The molecule has 0 atom stereocenters. The Kier molecular flexibility index (Phi) is 6.56. The lowest BCUT2D eigenvalue weighted by Gasteiger charge is -2.19. The molecule has 10 heteroatoms. The Bertz CT molecular complexity index is 1080. The number of nitrogens with zero attached hydrogens (tertiary/aromatic N) is 4. The number of carbonyl (C=O) groups excluding carboxylic acids is 1. The summed E-state index contributed by atoms with van der Waals surface area (Å²) in [6, 6.07) is 5.38. The highest BCUT2D eigenvalue weighted by molar-refractivity contribution is 5.72.